The topological polar surface area (TPSA) is 23.8 Å². The largest absolute Gasteiger partial charge is 0.198 e. The van der Waals surface area contributed by atoms with Crippen molar-refractivity contribution in [3.8, 4) is 6.07 Å². The molecule has 1 atom stereocenters. The zero-order chi connectivity index (χ0) is 4.99. The minimum atomic E-state index is 0.116. The first kappa shape index (κ1) is 5.49. The summed E-state index contributed by atoms with van der Waals surface area (Å²) in [7, 11) is 0. The van der Waals surface area contributed by atoms with E-state index in [9.17, 15) is 0 Å². The van der Waals surface area contributed by atoms with E-state index in [1.807, 2.05) is 20.3 Å². The van der Waals surface area contributed by atoms with Gasteiger partial charge in [0.2, 0.25) is 0 Å². The fraction of sp³-hybridized carbons (Fsp3) is 0.600. The highest BCUT2D eigenvalue weighted by Gasteiger charge is 1.89. The van der Waals surface area contributed by atoms with Crippen molar-refractivity contribution in [1.82, 2.24) is 0 Å². The Bertz CT molecular complexity index is 60.8. The number of nitriles is 1. The van der Waals surface area contributed by atoms with Gasteiger partial charge in [0.15, 0.2) is 0 Å². The van der Waals surface area contributed by atoms with Crippen molar-refractivity contribution < 1.29 is 0 Å². The van der Waals surface area contributed by atoms with Gasteiger partial charge >= 0.3 is 0 Å². The molecular formula is C5H8N. The monoisotopic (exact) mass is 82.1 g/mol. The first-order valence-corrected chi connectivity index (χ1v) is 2.00. The molecule has 6 heavy (non-hydrogen) atoms. The Morgan fingerprint density at radius 3 is 2.33 bits per heavy atom. The molecule has 0 aromatic heterocycles. The van der Waals surface area contributed by atoms with Gasteiger partial charge in [-0.05, 0) is 13.3 Å². The average Bonchev–Trinajstić information content (AvgIpc) is 1.65. The number of hydrogen-bond acceptors (Lipinski definition) is 1. The molecule has 0 bridgehead atoms. The van der Waals surface area contributed by atoms with Gasteiger partial charge in [0.05, 0.1) is 6.07 Å². The fourth-order valence-corrected chi connectivity index (χ4v) is 0.0745. The first-order valence-electron chi connectivity index (χ1n) is 2.00. The molecule has 1 unspecified atom stereocenters. The lowest BCUT2D eigenvalue weighted by Crippen LogP contribution is -1.83. The molecule has 0 saturated heterocycles. The van der Waals surface area contributed by atoms with Crippen LogP contribution >= 0.6 is 0 Å². The Morgan fingerprint density at radius 1 is 1.83 bits per heavy atom. The fourth-order valence-electron chi connectivity index (χ4n) is 0.0745. The van der Waals surface area contributed by atoms with E-state index < -0.39 is 0 Å². The lowest BCUT2D eigenvalue weighted by atomic mass is 10.2. The molecular weight excluding hydrogens is 74.1 g/mol. The zero-order valence-corrected chi connectivity index (χ0v) is 4.10. The van der Waals surface area contributed by atoms with Gasteiger partial charge in [0, 0.05) is 5.92 Å². The summed E-state index contributed by atoms with van der Waals surface area (Å²) in [5.74, 6) is 0.116. The Morgan fingerprint density at radius 2 is 2.33 bits per heavy atom. The Labute approximate surface area is 38.6 Å². The molecule has 0 amide bonds. The van der Waals surface area contributed by atoms with Crippen molar-refractivity contribution in [2.45, 2.75) is 13.8 Å². The predicted molar refractivity (Wildman–Crippen MR) is 24.8 cm³/mol. The third kappa shape index (κ3) is 1.78. The van der Waals surface area contributed by atoms with Gasteiger partial charge in [-0.15, -0.1) is 0 Å². The van der Waals surface area contributed by atoms with Crippen LogP contribution in [0.2, 0.25) is 0 Å². The first-order chi connectivity index (χ1) is 2.81. The van der Waals surface area contributed by atoms with Crippen LogP contribution in [-0.4, -0.2) is 0 Å². The van der Waals surface area contributed by atoms with Crippen LogP contribution in [0.25, 0.3) is 0 Å². The highest BCUT2D eigenvalue weighted by atomic mass is 14.2. The number of nitrogens with zero attached hydrogens (tertiary/aromatic N) is 1. The standard InChI is InChI=1S/C5H8N/c1-3-5(2)4-6/h3,5H,1-2H3. The van der Waals surface area contributed by atoms with Gasteiger partial charge < -0.3 is 0 Å². The van der Waals surface area contributed by atoms with Crippen molar-refractivity contribution in [2.75, 3.05) is 0 Å². The molecule has 0 spiro atoms. The van der Waals surface area contributed by atoms with Crippen LogP contribution in [0.4, 0.5) is 0 Å². The molecule has 0 saturated carbocycles. The van der Waals surface area contributed by atoms with Crippen LogP contribution in [0.5, 0.6) is 0 Å². The second-order valence-electron chi connectivity index (χ2n) is 1.25. The molecule has 1 nitrogen and oxygen atoms in total. The van der Waals surface area contributed by atoms with E-state index in [4.69, 9.17) is 5.26 Å². The summed E-state index contributed by atoms with van der Waals surface area (Å²) in [6.45, 7) is 3.74. The highest BCUT2D eigenvalue weighted by molar-refractivity contribution is 4.86. The van der Waals surface area contributed by atoms with Crippen LogP contribution in [-0.2, 0) is 0 Å². The van der Waals surface area contributed by atoms with Crippen LogP contribution in [0.3, 0.4) is 0 Å². The second-order valence-corrected chi connectivity index (χ2v) is 1.25. The molecule has 0 N–H and O–H groups in total. The Kier molecular flexibility index (Phi) is 2.48. The summed E-state index contributed by atoms with van der Waals surface area (Å²) in [6, 6.07) is 2.06. The molecule has 0 heterocycles. The Balaban J connectivity index is 3.04. The van der Waals surface area contributed by atoms with Crippen LogP contribution < -0.4 is 0 Å². The van der Waals surface area contributed by atoms with Crippen molar-refractivity contribution in [3.05, 3.63) is 6.42 Å². The van der Waals surface area contributed by atoms with E-state index >= 15 is 0 Å². The third-order valence-corrected chi connectivity index (χ3v) is 0.704. The van der Waals surface area contributed by atoms with Gasteiger partial charge in [0.1, 0.15) is 0 Å². The number of hydrogen-bond donors (Lipinski definition) is 0. The maximum Gasteiger partial charge on any atom is 0.0655 e. The molecule has 0 rings (SSSR count). The van der Waals surface area contributed by atoms with Crippen LogP contribution in [0.15, 0.2) is 0 Å². The third-order valence-electron chi connectivity index (χ3n) is 0.704. The maximum atomic E-state index is 8.05. The lowest BCUT2D eigenvalue weighted by molar-refractivity contribution is 0.872. The van der Waals surface area contributed by atoms with Crippen LogP contribution in [0.1, 0.15) is 13.8 Å². The minimum Gasteiger partial charge on any atom is -0.198 e. The zero-order valence-electron chi connectivity index (χ0n) is 4.10. The molecule has 33 valence electrons. The van der Waals surface area contributed by atoms with Crippen molar-refractivity contribution in [1.29, 1.82) is 5.26 Å². The SMILES string of the molecule is C[CH]C(C)C#N. The lowest BCUT2D eigenvalue weighted by Gasteiger charge is -1.86. The molecule has 0 aliphatic rings. The smallest absolute Gasteiger partial charge is 0.0655 e. The summed E-state index contributed by atoms with van der Waals surface area (Å²) in [6.07, 6.45) is 1.86. The van der Waals surface area contributed by atoms with Gasteiger partial charge in [-0.1, -0.05) is 6.92 Å². The quantitative estimate of drug-likeness (QED) is 0.468. The molecule has 0 aromatic carbocycles. The summed E-state index contributed by atoms with van der Waals surface area (Å²) >= 11 is 0. The van der Waals surface area contributed by atoms with Gasteiger partial charge in [-0.3, -0.25) is 0 Å². The molecule has 1 heteroatoms. The minimum absolute atomic E-state index is 0.116. The van der Waals surface area contributed by atoms with Gasteiger partial charge in [0.25, 0.3) is 0 Å². The number of rotatable bonds is 1. The summed E-state index contributed by atoms with van der Waals surface area (Å²) < 4.78 is 0. The van der Waals surface area contributed by atoms with E-state index in [0.717, 1.165) is 0 Å². The van der Waals surface area contributed by atoms with E-state index in [0.29, 0.717) is 0 Å². The molecule has 0 aliphatic carbocycles. The predicted octanol–water partition coefficient (Wildman–Crippen LogP) is 1.37. The highest BCUT2D eigenvalue weighted by Crippen LogP contribution is 1.92. The maximum absolute atomic E-state index is 8.05. The summed E-state index contributed by atoms with van der Waals surface area (Å²) in [4.78, 5) is 0. The molecule has 1 radical (unpaired) electrons. The molecule has 0 aliphatic heterocycles. The normalized spacial score (nSPS) is 12.8. The van der Waals surface area contributed by atoms with E-state index in [1.54, 1.807) is 0 Å². The van der Waals surface area contributed by atoms with Crippen molar-refractivity contribution in [3.63, 3.8) is 0 Å². The summed E-state index contributed by atoms with van der Waals surface area (Å²) in [5.41, 5.74) is 0. The van der Waals surface area contributed by atoms with E-state index in [1.165, 1.54) is 0 Å². The Hall–Kier alpha value is -0.510. The van der Waals surface area contributed by atoms with E-state index in [2.05, 4.69) is 6.07 Å². The van der Waals surface area contributed by atoms with Crippen molar-refractivity contribution >= 4 is 0 Å². The van der Waals surface area contributed by atoms with Crippen molar-refractivity contribution in [2.24, 2.45) is 5.92 Å². The van der Waals surface area contributed by atoms with Gasteiger partial charge in [-0.25, -0.2) is 0 Å². The molecule has 0 aromatic rings. The second kappa shape index (κ2) is 2.71. The average molecular weight is 82.1 g/mol. The van der Waals surface area contributed by atoms with Gasteiger partial charge in [-0.2, -0.15) is 5.26 Å². The van der Waals surface area contributed by atoms with E-state index in [-0.39, 0.29) is 5.92 Å². The molecule has 0 fully saturated rings. The van der Waals surface area contributed by atoms with Crippen LogP contribution in [0, 0.1) is 23.7 Å². The summed E-state index contributed by atoms with van der Waals surface area (Å²) in [5, 5.41) is 8.05.